The maximum absolute atomic E-state index is 14.5. The number of aromatic nitrogens is 3. The lowest BCUT2D eigenvalue weighted by molar-refractivity contribution is 0.436. The maximum Gasteiger partial charge on any atom is 0.177 e. The molecule has 0 unspecified atom stereocenters. The normalized spacial score (nSPS) is 11.5. The molecule has 2 heterocycles. The number of nitrogens with zero attached hydrogens (tertiary/aromatic N) is 5. The van der Waals surface area contributed by atoms with Crippen LogP contribution in [0, 0.1) is 12.7 Å². The molecule has 0 saturated heterocycles. The van der Waals surface area contributed by atoms with Crippen molar-refractivity contribution in [2.45, 2.75) is 6.92 Å². The van der Waals surface area contributed by atoms with Crippen LogP contribution in [0.1, 0.15) is 5.56 Å². The third kappa shape index (κ3) is 3.93. The standard InChI is InChI=1S/C22H19FN6O2/c1-13-10-14(28-22-20-16(26-12-27-22)5-6-17(30)21(20)23)4-7-18(13)31-15-8-9-29(25-3)19(11-15)24-2/h4-12,30H,3H2,1-2H3,(H,26,27,28)/b24-19-. The molecular formula is C22H19FN6O2. The molecule has 2 aromatic carbocycles. The van der Waals surface area contributed by atoms with E-state index in [1.54, 1.807) is 37.5 Å². The van der Waals surface area contributed by atoms with Crippen molar-refractivity contribution in [2.24, 2.45) is 10.1 Å². The lowest BCUT2D eigenvalue weighted by atomic mass is 10.1. The van der Waals surface area contributed by atoms with Gasteiger partial charge in [-0.25, -0.2) is 19.0 Å². The van der Waals surface area contributed by atoms with E-state index in [2.05, 4.69) is 32.1 Å². The third-order valence-corrected chi connectivity index (χ3v) is 4.65. The van der Waals surface area contributed by atoms with E-state index in [0.717, 1.165) is 5.56 Å². The second-order valence-corrected chi connectivity index (χ2v) is 6.65. The van der Waals surface area contributed by atoms with Gasteiger partial charge in [-0.15, -0.1) is 0 Å². The fourth-order valence-electron chi connectivity index (χ4n) is 3.11. The zero-order chi connectivity index (χ0) is 22.0. The van der Waals surface area contributed by atoms with Crippen LogP contribution in [0.15, 0.2) is 65.1 Å². The molecule has 0 saturated carbocycles. The van der Waals surface area contributed by atoms with Gasteiger partial charge in [-0.3, -0.25) is 4.99 Å². The average molecular weight is 418 g/mol. The van der Waals surface area contributed by atoms with Crippen molar-refractivity contribution < 1.29 is 14.2 Å². The zero-order valence-electron chi connectivity index (χ0n) is 16.9. The first kappa shape index (κ1) is 20.0. The number of anilines is 2. The summed E-state index contributed by atoms with van der Waals surface area (Å²) >= 11 is 0. The molecular weight excluding hydrogens is 399 g/mol. The molecule has 2 aromatic heterocycles. The summed E-state index contributed by atoms with van der Waals surface area (Å²) < 4.78 is 22.0. The summed E-state index contributed by atoms with van der Waals surface area (Å²) in [5.74, 6) is 0.270. The smallest absolute Gasteiger partial charge is 0.177 e. The van der Waals surface area contributed by atoms with Crippen molar-refractivity contribution in [1.82, 2.24) is 14.6 Å². The predicted octanol–water partition coefficient (Wildman–Crippen LogP) is 4.11. The zero-order valence-corrected chi connectivity index (χ0v) is 16.9. The number of aryl methyl sites for hydroxylation is 1. The molecule has 156 valence electrons. The Morgan fingerprint density at radius 3 is 2.74 bits per heavy atom. The summed E-state index contributed by atoms with van der Waals surface area (Å²) in [6.45, 7) is 5.39. The van der Waals surface area contributed by atoms with Crippen LogP contribution in [0.5, 0.6) is 17.2 Å². The van der Waals surface area contributed by atoms with Gasteiger partial charge in [-0.1, -0.05) is 0 Å². The number of phenols is 1. The van der Waals surface area contributed by atoms with Gasteiger partial charge < -0.3 is 15.2 Å². The Morgan fingerprint density at radius 2 is 2.00 bits per heavy atom. The minimum absolute atomic E-state index is 0.116. The van der Waals surface area contributed by atoms with Gasteiger partial charge in [0.25, 0.3) is 0 Å². The van der Waals surface area contributed by atoms with Gasteiger partial charge in [0, 0.05) is 31.7 Å². The third-order valence-electron chi connectivity index (χ3n) is 4.65. The molecule has 0 aliphatic heterocycles. The largest absolute Gasteiger partial charge is 0.505 e. The van der Waals surface area contributed by atoms with E-state index in [1.165, 1.54) is 23.1 Å². The Bertz CT molecular complexity index is 1370. The van der Waals surface area contributed by atoms with Crippen LogP contribution in [0.4, 0.5) is 15.9 Å². The minimum atomic E-state index is -0.773. The van der Waals surface area contributed by atoms with Crippen molar-refractivity contribution in [3.63, 3.8) is 0 Å². The number of hydrogen-bond donors (Lipinski definition) is 2. The summed E-state index contributed by atoms with van der Waals surface area (Å²) in [5.41, 5.74) is 2.51. The summed E-state index contributed by atoms with van der Waals surface area (Å²) in [6.07, 6.45) is 3.04. The molecule has 9 heteroatoms. The minimum Gasteiger partial charge on any atom is -0.505 e. The lowest BCUT2D eigenvalue weighted by Gasteiger charge is -2.13. The Kier molecular flexibility index (Phi) is 5.31. The SMILES string of the molecule is C=Nn1ccc(Oc2ccc(Nc3ncnc4ccc(O)c(F)c34)cc2C)c/c1=N/C. The van der Waals surface area contributed by atoms with Gasteiger partial charge in [0.15, 0.2) is 17.1 Å². The van der Waals surface area contributed by atoms with E-state index in [4.69, 9.17) is 4.74 Å². The molecule has 0 atom stereocenters. The van der Waals surface area contributed by atoms with Crippen LogP contribution >= 0.6 is 0 Å². The summed E-state index contributed by atoms with van der Waals surface area (Å²) in [4.78, 5) is 12.3. The first-order chi connectivity index (χ1) is 15.0. The Labute approximate surface area is 177 Å². The van der Waals surface area contributed by atoms with Crippen LogP contribution in [-0.2, 0) is 0 Å². The van der Waals surface area contributed by atoms with E-state index in [9.17, 15) is 9.50 Å². The molecule has 4 rings (SSSR count). The van der Waals surface area contributed by atoms with E-state index in [1.807, 2.05) is 13.0 Å². The highest BCUT2D eigenvalue weighted by molar-refractivity contribution is 5.92. The van der Waals surface area contributed by atoms with Crippen molar-refractivity contribution in [2.75, 3.05) is 12.4 Å². The summed E-state index contributed by atoms with van der Waals surface area (Å²) in [5, 5.41) is 16.8. The first-order valence-electron chi connectivity index (χ1n) is 9.30. The topological polar surface area (TPSA) is 96.9 Å². The summed E-state index contributed by atoms with van der Waals surface area (Å²) in [6, 6.07) is 11.7. The van der Waals surface area contributed by atoms with Crippen LogP contribution in [0.2, 0.25) is 0 Å². The molecule has 0 spiro atoms. The Morgan fingerprint density at radius 1 is 1.16 bits per heavy atom. The van der Waals surface area contributed by atoms with Crippen molar-refractivity contribution >= 4 is 29.1 Å². The van der Waals surface area contributed by atoms with E-state index in [0.29, 0.717) is 28.2 Å². The predicted molar refractivity (Wildman–Crippen MR) is 117 cm³/mol. The van der Waals surface area contributed by atoms with Crippen LogP contribution < -0.4 is 15.5 Å². The van der Waals surface area contributed by atoms with Crippen LogP contribution in [0.25, 0.3) is 10.9 Å². The molecule has 0 aliphatic rings. The number of halogens is 1. The highest BCUT2D eigenvalue weighted by atomic mass is 19.1. The molecule has 2 N–H and O–H groups in total. The van der Waals surface area contributed by atoms with Crippen LogP contribution in [-0.4, -0.2) is 33.5 Å². The Balaban J connectivity index is 1.63. The number of phenolic OH excluding ortho intramolecular Hbond substituents is 1. The highest BCUT2D eigenvalue weighted by Crippen LogP contribution is 2.32. The van der Waals surface area contributed by atoms with Gasteiger partial charge in [0.2, 0.25) is 0 Å². The second-order valence-electron chi connectivity index (χ2n) is 6.65. The molecule has 0 aliphatic carbocycles. The van der Waals surface area contributed by atoms with Gasteiger partial charge in [-0.2, -0.15) is 5.10 Å². The summed E-state index contributed by atoms with van der Waals surface area (Å²) in [7, 11) is 1.66. The number of rotatable bonds is 5. The molecule has 0 amide bonds. The number of nitrogens with one attached hydrogen (secondary N) is 1. The molecule has 31 heavy (non-hydrogen) atoms. The highest BCUT2D eigenvalue weighted by Gasteiger charge is 2.13. The number of pyridine rings is 1. The van der Waals surface area contributed by atoms with Crippen molar-refractivity contribution in [1.29, 1.82) is 0 Å². The van der Waals surface area contributed by atoms with E-state index >= 15 is 0 Å². The van der Waals surface area contributed by atoms with E-state index < -0.39 is 11.6 Å². The van der Waals surface area contributed by atoms with Gasteiger partial charge >= 0.3 is 0 Å². The van der Waals surface area contributed by atoms with Gasteiger partial charge in [-0.05, 0) is 48.9 Å². The quantitative estimate of drug-likeness (QED) is 0.476. The fourth-order valence-corrected chi connectivity index (χ4v) is 3.11. The molecule has 4 aromatic rings. The van der Waals surface area contributed by atoms with Gasteiger partial charge in [0.05, 0.1) is 10.9 Å². The van der Waals surface area contributed by atoms with E-state index in [-0.39, 0.29) is 11.2 Å². The molecule has 0 bridgehead atoms. The van der Waals surface area contributed by atoms with Crippen molar-refractivity contribution in [3.05, 3.63) is 71.9 Å². The molecule has 0 radical (unpaired) electrons. The second kappa shape index (κ2) is 8.23. The maximum atomic E-state index is 14.5. The number of fused-ring (bicyclic) bond motifs is 1. The number of ether oxygens (including phenoxy) is 1. The number of benzene rings is 2. The first-order valence-corrected chi connectivity index (χ1v) is 9.30. The van der Waals surface area contributed by atoms with Crippen LogP contribution in [0.3, 0.4) is 0 Å². The number of aromatic hydroxyl groups is 1. The molecule has 0 fully saturated rings. The van der Waals surface area contributed by atoms with Crippen molar-refractivity contribution in [3.8, 4) is 17.2 Å². The molecule has 8 nitrogen and oxygen atoms in total. The van der Waals surface area contributed by atoms with Gasteiger partial charge in [0.1, 0.15) is 23.6 Å². The number of hydrogen-bond acceptors (Lipinski definition) is 7. The monoisotopic (exact) mass is 418 g/mol. The fraction of sp³-hybridized carbons (Fsp3) is 0.0909. The lowest BCUT2D eigenvalue weighted by Crippen LogP contribution is -2.15. The average Bonchev–Trinajstić information content (AvgIpc) is 2.78. The Hall–Kier alpha value is -4.27.